The highest BCUT2D eigenvalue weighted by Gasteiger charge is 2.46. The second kappa shape index (κ2) is 5.89. The normalized spacial score (nSPS) is 17.2. The van der Waals surface area contributed by atoms with Crippen molar-refractivity contribution in [3.63, 3.8) is 0 Å². The van der Waals surface area contributed by atoms with E-state index in [1.54, 1.807) is 51.1 Å². The Balaban J connectivity index is 0.00000243. The second-order valence-corrected chi connectivity index (χ2v) is 8.92. The molecule has 0 saturated carbocycles. The fourth-order valence-electron chi connectivity index (χ4n) is 3.87. The average Bonchev–Trinajstić information content (AvgIpc) is 2.82. The van der Waals surface area contributed by atoms with Gasteiger partial charge in [0.2, 0.25) is 0 Å². The van der Waals surface area contributed by atoms with E-state index < -0.39 is 20.2 Å². The summed E-state index contributed by atoms with van der Waals surface area (Å²) in [5.41, 5.74) is 3.19. The largest absolute Gasteiger partial charge is 0.700 e. The molecule has 2 aliphatic heterocycles. The van der Waals surface area contributed by atoms with Crippen LogP contribution in [0.1, 0.15) is 37.7 Å². The zero-order valence-electron chi connectivity index (χ0n) is 14.8. The Hall–Kier alpha value is -1.73. The topological polar surface area (TPSA) is 148 Å². The Morgan fingerprint density at radius 3 is 1.92 bits per heavy atom. The van der Waals surface area contributed by atoms with E-state index in [0.29, 0.717) is 39.5 Å². The van der Waals surface area contributed by atoms with Gasteiger partial charge in [0, 0.05) is 29.5 Å². The monoisotopic (exact) mass is 402 g/mol. The van der Waals surface area contributed by atoms with Gasteiger partial charge in [-0.25, -0.2) is 0 Å². The van der Waals surface area contributed by atoms with E-state index in [2.05, 4.69) is 0 Å². The lowest BCUT2D eigenvalue weighted by Gasteiger charge is -2.17. The van der Waals surface area contributed by atoms with E-state index in [1.807, 2.05) is 0 Å². The van der Waals surface area contributed by atoms with E-state index in [4.69, 9.17) is 0 Å². The maximum atomic E-state index is 11.7. The lowest BCUT2D eigenvalue weighted by atomic mass is 9.95. The van der Waals surface area contributed by atoms with Gasteiger partial charge in [0.1, 0.15) is 4.90 Å². The number of hydrogen-bond acceptors (Lipinski definition) is 4. The minimum absolute atomic E-state index is 0. The molecule has 1 aromatic rings. The van der Waals surface area contributed by atoms with Crippen molar-refractivity contribution >= 4 is 39.1 Å². The van der Waals surface area contributed by atoms with Crippen LogP contribution in [0.25, 0.3) is 5.57 Å². The fraction of sp³-hybridized carbons (Fsp3) is 0.357. The van der Waals surface area contributed by atoms with Crippen LogP contribution in [0.5, 0.6) is 0 Å². The van der Waals surface area contributed by atoms with Crippen molar-refractivity contribution in [1.29, 1.82) is 0 Å². The number of rotatable bonds is 2. The first kappa shape index (κ1) is 20.6. The maximum absolute atomic E-state index is 11.7. The van der Waals surface area contributed by atoms with Crippen molar-refractivity contribution < 1.29 is 35.9 Å². The van der Waals surface area contributed by atoms with E-state index in [9.17, 15) is 25.9 Å². The Kier molecular flexibility index (Phi) is 4.66. The third-order valence-electron chi connectivity index (χ3n) is 4.71. The quantitative estimate of drug-likeness (QED) is 0.537. The first-order chi connectivity index (χ1) is 11.3. The Bertz CT molecular complexity index is 1150. The molecule has 26 heavy (non-hydrogen) atoms. The molecule has 0 saturated heterocycles. The molecular formula is C14H19BN2O7S2+. The molecule has 0 aliphatic carbocycles. The molecule has 0 fully saturated rings. The van der Waals surface area contributed by atoms with E-state index in [1.165, 1.54) is 0 Å². The van der Waals surface area contributed by atoms with Gasteiger partial charge in [-0.3, -0.25) is 13.6 Å². The van der Waals surface area contributed by atoms with Crippen LogP contribution in [0.4, 0.5) is 0 Å². The average molecular weight is 402 g/mol. The van der Waals surface area contributed by atoms with Crippen LogP contribution in [-0.2, 0) is 20.2 Å². The van der Waals surface area contributed by atoms with Crippen molar-refractivity contribution in [3.8, 4) is 0 Å². The highest BCUT2D eigenvalue weighted by molar-refractivity contribution is 7.91. The third kappa shape index (κ3) is 2.60. The molecule has 0 atom stereocenters. The van der Waals surface area contributed by atoms with Crippen molar-refractivity contribution in [2.24, 2.45) is 0 Å². The van der Waals surface area contributed by atoms with Crippen molar-refractivity contribution in [2.75, 3.05) is 0 Å². The van der Waals surface area contributed by atoms with Crippen molar-refractivity contribution in [1.82, 2.24) is 4.48 Å². The maximum Gasteiger partial charge on any atom is 0.700 e. The van der Waals surface area contributed by atoms with Gasteiger partial charge in [-0.15, -0.1) is 0 Å². The first-order valence-corrected chi connectivity index (χ1v) is 10.2. The Morgan fingerprint density at radius 1 is 0.923 bits per heavy atom. The molecule has 0 unspecified atom stereocenters. The van der Waals surface area contributed by atoms with Crippen LogP contribution in [0.15, 0.2) is 21.1 Å². The van der Waals surface area contributed by atoms with Crippen LogP contribution in [0.2, 0.25) is 0 Å². The van der Waals surface area contributed by atoms with Gasteiger partial charge in [-0.1, -0.05) is 0 Å². The summed E-state index contributed by atoms with van der Waals surface area (Å²) >= 11 is 0. The molecule has 9 nitrogen and oxygen atoms in total. The van der Waals surface area contributed by atoms with E-state index in [0.717, 1.165) is 0 Å². The van der Waals surface area contributed by atoms with Gasteiger partial charge in [0.15, 0.2) is 16.3 Å². The van der Waals surface area contributed by atoms with Gasteiger partial charge < -0.3 is 9.95 Å². The molecular weight excluding hydrogens is 383 g/mol. The fourth-order valence-corrected chi connectivity index (χ4v) is 5.78. The standard InChI is InChI=1S/C14H17BN2O6S2.H2O/c1-6-11-7(2)13(24(18,19)20)9(4)16(11)15-17-10(5)14(25(21,22)23)8(3)12(6)17;/h1-5H3,(H,18,19,20)(H,21,22,23);1H2/q+1;. The van der Waals surface area contributed by atoms with Gasteiger partial charge >= 0.3 is 17.7 Å². The summed E-state index contributed by atoms with van der Waals surface area (Å²) in [4.78, 5) is -0.316. The molecule has 1 radical (unpaired) electrons. The van der Waals surface area contributed by atoms with Gasteiger partial charge in [0.25, 0.3) is 10.1 Å². The summed E-state index contributed by atoms with van der Waals surface area (Å²) in [6.07, 6.45) is 0. The van der Waals surface area contributed by atoms with Gasteiger partial charge in [-0.05, 0) is 33.3 Å². The highest BCUT2D eigenvalue weighted by atomic mass is 32.2. The third-order valence-corrected chi connectivity index (χ3v) is 6.95. The molecule has 1 aromatic heterocycles. The molecule has 0 aromatic carbocycles. The molecule has 2 aliphatic rings. The molecule has 141 valence electrons. The van der Waals surface area contributed by atoms with E-state index in [-0.39, 0.29) is 15.3 Å². The lowest BCUT2D eigenvalue weighted by molar-refractivity contribution is -0.315. The predicted octanol–water partition coefficient (Wildman–Crippen LogP) is 0.303. The summed E-state index contributed by atoms with van der Waals surface area (Å²) in [6.45, 7) is 8.03. The molecule has 4 N–H and O–H groups in total. The van der Waals surface area contributed by atoms with E-state index >= 15 is 0 Å². The number of nitrogens with zero attached hydrogens (tertiary/aromatic N) is 2. The van der Waals surface area contributed by atoms with Crippen LogP contribution >= 0.6 is 0 Å². The summed E-state index contributed by atoms with van der Waals surface area (Å²) in [5.74, 6) is 0. The lowest BCUT2D eigenvalue weighted by Crippen LogP contribution is -2.32. The van der Waals surface area contributed by atoms with Crippen molar-refractivity contribution in [2.45, 2.75) is 39.5 Å². The van der Waals surface area contributed by atoms with Crippen LogP contribution in [0, 0.1) is 13.8 Å². The molecule has 0 bridgehead atoms. The Morgan fingerprint density at radius 2 is 1.46 bits per heavy atom. The van der Waals surface area contributed by atoms with Crippen molar-refractivity contribution in [3.05, 3.63) is 33.1 Å². The smallest absolute Gasteiger partial charge is 0.412 e. The summed E-state index contributed by atoms with van der Waals surface area (Å²) in [5, 5.41) is 0. The summed E-state index contributed by atoms with van der Waals surface area (Å²) in [6, 6.07) is 0. The zero-order valence-corrected chi connectivity index (χ0v) is 16.4. The van der Waals surface area contributed by atoms with Crippen LogP contribution in [-0.4, -0.2) is 53.6 Å². The molecule has 0 amide bonds. The predicted molar refractivity (Wildman–Crippen MR) is 96.3 cm³/mol. The number of aromatic nitrogens is 1. The summed E-state index contributed by atoms with van der Waals surface area (Å²) < 4.78 is 69.2. The Labute approximate surface area is 152 Å². The number of fused-ring (bicyclic) bond motifs is 2. The van der Waals surface area contributed by atoms with Gasteiger partial charge in [-0.2, -0.15) is 16.8 Å². The zero-order chi connectivity index (χ0) is 19.1. The van der Waals surface area contributed by atoms with Crippen LogP contribution in [0.3, 0.4) is 0 Å². The van der Waals surface area contributed by atoms with Gasteiger partial charge in [0.05, 0.1) is 0 Å². The van der Waals surface area contributed by atoms with Crippen LogP contribution < -0.4 is 0 Å². The highest BCUT2D eigenvalue weighted by Crippen LogP contribution is 2.40. The molecule has 3 rings (SSSR count). The minimum Gasteiger partial charge on any atom is -0.412 e. The SMILES string of the molecule is CC1=C(S(=O)(=O)O)C(C)=[N+]2[B]n3c(C)c(S(=O)(=O)O)c(C)c3C(C)=C12.O. The first-order valence-electron chi connectivity index (χ1n) is 7.35. The number of hydrogen-bond donors (Lipinski definition) is 2. The second-order valence-electron chi connectivity index (χ2n) is 6.21. The summed E-state index contributed by atoms with van der Waals surface area (Å²) in [7, 11) is -7.24. The molecule has 3 heterocycles. The minimum atomic E-state index is -4.40. The molecule has 12 heteroatoms. The number of allylic oxidation sites excluding steroid dienone is 3. The molecule has 0 spiro atoms.